The molecule has 3 rings (SSSR count). The van der Waals surface area contributed by atoms with E-state index >= 15 is 0 Å². The van der Waals surface area contributed by atoms with Gasteiger partial charge >= 0.3 is 5.97 Å². The first-order valence-electron chi connectivity index (χ1n) is 7.24. The van der Waals surface area contributed by atoms with Gasteiger partial charge in [0, 0.05) is 19.4 Å². The number of imidazole rings is 1. The zero-order chi connectivity index (χ0) is 15.0. The molecule has 0 atom stereocenters. The topological polar surface area (TPSA) is 85.8 Å². The normalized spacial score (nSPS) is 22.4. The van der Waals surface area contributed by atoms with E-state index in [0.717, 1.165) is 31.6 Å². The summed E-state index contributed by atoms with van der Waals surface area (Å²) in [6.45, 7) is 2.25. The van der Waals surface area contributed by atoms with Crippen LogP contribution in [0, 0.1) is 5.92 Å². The van der Waals surface area contributed by atoms with E-state index in [0.29, 0.717) is 11.5 Å². The third kappa shape index (κ3) is 2.43. The van der Waals surface area contributed by atoms with Crippen LogP contribution in [0.4, 0.5) is 0 Å². The number of carboxylic acid groups (broad SMARTS) is 1. The Labute approximate surface area is 122 Å². The van der Waals surface area contributed by atoms with Crippen LogP contribution in [-0.4, -0.2) is 35.6 Å². The van der Waals surface area contributed by atoms with Gasteiger partial charge in [0.2, 0.25) is 5.69 Å². The second kappa shape index (κ2) is 5.31. The van der Waals surface area contributed by atoms with Gasteiger partial charge in [0.05, 0.1) is 6.04 Å². The Morgan fingerprint density at radius 1 is 1.33 bits per heavy atom. The molecule has 0 unspecified atom stereocenters. The summed E-state index contributed by atoms with van der Waals surface area (Å²) in [4.78, 5) is 15.7. The fourth-order valence-electron chi connectivity index (χ4n) is 2.98. The number of aromatic carboxylic acids is 1. The van der Waals surface area contributed by atoms with Gasteiger partial charge in [0.15, 0.2) is 5.82 Å². The second-order valence-electron chi connectivity index (χ2n) is 5.81. The van der Waals surface area contributed by atoms with E-state index in [4.69, 9.17) is 0 Å². The number of rotatable bonds is 3. The number of aromatic nitrogens is 5. The van der Waals surface area contributed by atoms with Crippen LogP contribution in [0.15, 0.2) is 12.4 Å². The van der Waals surface area contributed by atoms with E-state index in [-0.39, 0.29) is 11.7 Å². The van der Waals surface area contributed by atoms with Crippen LogP contribution in [0.1, 0.15) is 49.1 Å². The highest BCUT2D eigenvalue weighted by atomic mass is 16.4. The zero-order valence-electron chi connectivity index (χ0n) is 12.2. The fourth-order valence-corrected chi connectivity index (χ4v) is 2.98. The van der Waals surface area contributed by atoms with E-state index in [1.807, 2.05) is 7.05 Å². The molecule has 7 heteroatoms. The Hall–Kier alpha value is -2.18. The molecule has 0 saturated heterocycles. The fraction of sp³-hybridized carbons (Fsp3) is 0.571. The molecule has 0 radical (unpaired) electrons. The summed E-state index contributed by atoms with van der Waals surface area (Å²) < 4.78 is 3.56. The number of hydrogen-bond acceptors (Lipinski definition) is 4. The van der Waals surface area contributed by atoms with Crippen molar-refractivity contribution in [3.05, 3.63) is 18.1 Å². The summed E-state index contributed by atoms with van der Waals surface area (Å²) in [5.74, 6) is 0.250. The molecule has 0 bridgehead atoms. The van der Waals surface area contributed by atoms with E-state index in [1.165, 1.54) is 0 Å². The van der Waals surface area contributed by atoms with E-state index in [1.54, 1.807) is 21.6 Å². The van der Waals surface area contributed by atoms with Gasteiger partial charge in [-0.2, -0.15) is 0 Å². The van der Waals surface area contributed by atoms with Crippen LogP contribution < -0.4 is 0 Å². The highest BCUT2D eigenvalue weighted by Gasteiger charge is 2.29. The molecule has 2 aromatic rings. The first kappa shape index (κ1) is 13.8. The standard InChI is InChI=1S/C14H19N5O2/c1-9-3-5-10(6-4-9)19-12(11(14(20)21)16-17-19)13-15-7-8-18(13)2/h7-10H,3-6H2,1-2H3,(H,20,21). The van der Waals surface area contributed by atoms with Gasteiger partial charge in [0.25, 0.3) is 0 Å². The largest absolute Gasteiger partial charge is 0.476 e. The highest BCUT2D eigenvalue weighted by Crippen LogP contribution is 2.34. The summed E-state index contributed by atoms with van der Waals surface area (Å²) >= 11 is 0. The predicted molar refractivity (Wildman–Crippen MR) is 75.9 cm³/mol. The second-order valence-corrected chi connectivity index (χ2v) is 5.81. The van der Waals surface area contributed by atoms with E-state index in [9.17, 15) is 9.90 Å². The summed E-state index contributed by atoms with van der Waals surface area (Å²) in [6.07, 6.45) is 7.71. The van der Waals surface area contributed by atoms with Crippen molar-refractivity contribution in [1.82, 2.24) is 24.5 Å². The maximum atomic E-state index is 11.4. The maximum absolute atomic E-state index is 11.4. The van der Waals surface area contributed by atoms with Crippen molar-refractivity contribution in [2.24, 2.45) is 13.0 Å². The number of carboxylic acids is 1. The van der Waals surface area contributed by atoms with Crippen molar-refractivity contribution < 1.29 is 9.90 Å². The molecule has 1 N–H and O–H groups in total. The molecule has 0 aliphatic heterocycles. The lowest BCUT2D eigenvalue weighted by Gasteiger charge is -2.27. The Balaban J connectivity index is 2.05. The monoisotopic (exact) mass is 289 g/mol. The Bertz CT molecular complexity index is 652. The minimum atomic E-state index is -1.07. The van der Waals surface area contributed by atoms with Crippen LogP contribution in [0.25, 0.3) is 11.5 Å². The van der Waals surface area contributed by atoms with Gasteiger partial charge in [-0.15, -0.1) is 5.10 Å². The minimum absolute atomic E-state index is 0.0251. The quantitative estimate of drug-likeness (QED) is 0.935. The van der Waals surface area contributed by atoms with Crippen molar-refractivity contribution in [2.75, 3.05) is 0 Å². The van der Waals surface area contributed by atoms with Crippen LogP contribution in [-0.2, 0) is 7.05 Å². The van der Waals surface area contributed by atoms with Crippen LogP contribution in [0.2, 0.25) is 0 Å². The molecule has 1 saturated carbocycles. The Morgan fingerprint density at radius 2 is 2.05 bits per heavy atom. The average Bonchev–Trinajstić information content (AvgIpc) is 3.05. The predicted octanol–water partition coefficient (Wildman–Crippen LogP) is 2.13. The molecule has 0 spiro atoms. The van der Waals surface area contributed by atoms with Gasteiger partial charge in [0.1, 0.15) is 5.69 Å². The lowest BCUT2D eigenvalue weighted by molar-refractivity contribution is 0.0691. The summed E-state index contributed by atoms with van der Waals surface area (Å²) in [6, 6.07) is 0.202. The molecule has 112 valence electrons. The molecule has 7 nitrogen and oxygen atoms in total. The van der Waals surface area contributed by atoms with Crippen molar-refractivity contribution in [3.63, 3.8) is 0 Å². The Morgan fingerprint density at radius 3 is 2.62 bits per heavy atom. The third-order valence-electron chi connectivity index (χ3n) is 4.26. The van der Waals surface area contributed by atoms with Crippen LogP contribution in [0.3, 0.4) is 0 Å². The molecular weight excluding hydrogens is 270 g/mol. The minimum Gasteiger partial charge on any atom is -0.476 e. The smallest absolute Gasteiger partial charge is 0.358 e. The molecule has 2 aromatic heterocycles. The number of hydrogen-bond donors (Lipinski definition) is 1. The van der Waals surface area contributed by atoms with Crippen molar-refractivity contribution >= 4 is 5.97 Å². The SMILES string of the molecule is CC1CCC(n2nnc(C(=O)O)c2-c2nccn2C)CC1. The number of carbonyl (C=O) groups is 1. The molecular formula is C14H19N5O2. The lowest BCUT2D eigenvalue weighted by atomic mass is 9.87. The molecule has 1 fully saturated rings. The summed E-state index contributed by atoms with van der Waals surface area (Å²) in [5.41, 5.74) is 0.484. The van der Waals surface area contributed by atoms with Crippen molar-refractivity contribution in [2.45, 2.75) is 38.6 Å². The average molecular weight is 289 g/mol. The molecule has 1 aliphatic carbocycles. The summed E-state index contributed by atoms with van der Waals surface area (Å²) in [5, 5.41) is 17.3. The van der Waals surface area contributed by atoms with E-state index < -0.39 is 5.97 Å². The van der Waals surface area contributed by atoms with Crippen LogP contribution >= 0.6 is 0 Å². The van der Waals surface area contributed by atoms with Crippen LogP contribution in [0.5, 0.6) is 0 Å². The number of aryl methyl sites for hydroxylation is 1. The van der Waals surface area contributed by atoms with E-state index in [2.05, 4.69) is 22.2 Å². The van der Waals surface area contributed by atoms with Gasteiger partial charge in [-0.05, 0) is 31.6 Å². The first-order chi connectivity index (χ1) is 10.1. The highest BCUT2D eigenvalue weighted by molar-refractivity contribution is 5.91. The molecule has 1 aliphatic rings. The summed E-state index contributed by atoms with van der Waals surface area (Å²) in [7, 11) is 1.84. The molecule has 0 amide bonds. The van der Waals surface area contributed by atoms with Gasteiger partial charge in [-0.25, -0.2) is 14.5 Å². The zero-order valence-corrected chi connectivity index (χ0v) is 12.2. The van der Waals surface area contributed by atoms with Gasteiger partial charge in [-0.3, -0.25) is 0 Å². The Kier molecular flexibility index (Phi) is 3.48. The molecule has 21 heavy (non-hydrogen) atoms. The van der Waals surface area contributed by atoms with Gasteiger partial charge in [-0.1, -0.05) is 12.1 Å². The maximum Gasteiger partial charge on any atom is 0.358 e. The van der Waals surface area contributed by atoms with Crippen molar-refractivity contribution in [3.8, 4) is 11.5 Å². The van der Waals surface area contributed by atoms with Crippen molar-refractivity contribution in [1.29, 1.82) is 0 Å². The third-order valence-corrected chi connectivity index (χ3v) is 4.26. The molecule has 2 heterocycles. The molecule has 0 aromatic carbocycles. The lowest BCUT2D eigenvalue weighted by Crippen LogP contribution is -2.19. The van der Waals surface area contributed by atoms with Gasteiger partial charge < -0.3 is 9.67 Å². The number of nitrogens with zero attached hydrogens (tertiary/aromatic N) is 5. The first-order valence-corrected chi connectivity index (χ1v) is 7.24.